The Morgan fingerprint density at radius 1 is 1.39 bits per heavy atom. The van der Waals surface area contributed by atoms with Crippen molar-refractivity contribution in [3.63, 3.8) is 0 Å². The van der Waals surface area contributed by atoms with Crippen LogP contribution in [0, 0.1) is 6.92 Å². The van der Waals surface area contributed by atoms with Crippen molar-refractivity contribution in [3.8, 4) is 5.75 Å². The van der Waals surface area contributed by atoms with Crippen LogP contribution in [0.1, 0.15) is 22.3 Å². The number of amides is 1. The monoisotopic (exact) mass is 332 g/mol. The predicted octanol–water partition coefficient (Wildman–Crippen LogP) is 1.89. The summed E-state index contributed by atoms with van der Waals surface area (Å²) in [5.74, 6) is 0.482. The van der Waals surface area contributed by atoms with Gasteiger partial charge < -0.3 is 9.64 Å². The van der Waals surface area contributed by atoms with Gasteiger partial charge in [0.05, 0.1) is 18.8 Å². The zero-order valence-electron chi connectivity index (χ0n) is 12.8. The van der Waals surface area contributed by atoms with E-state index in [9.17, 15) is 9.59 Å². The maximum atomic E-state index is 12.2. The van der Waals surface area contributed by atoms with Crippen LogP contribution in [-0.4, -0.2) is 41.6 Å². The van der Waals surface area contributed by atoms with Gasteiger partial charge in [-0.3, -0.25) is 14.9 Å². The molecule has 0 fully saturated rings. The maximum Gasteiger partial charge on any atom is 0.245 e. The first-order valence-electron chi connectivity index (χ1n) is 7.15. The predicted molar refractivity (Wildman–Crippen MR) is 87.4 cm³/mol. The highest BCUT2D eigenvalue weighted by Crippen LogP contribution is 2.32. The van der Waals surface area contributed by atoms with Gasteiger partial charge in [-0.25, -0.2) is 0 Å². The summed E-state index contributed by atoms with van der Waals surface area (Å²) in [4.78, 5) is 25.6. The third-order valence-electron chi connectivity index (χ3n) is 3.43. The van der Waals surface area contributed by atoms with Gasteiger partial charge in [0, 0.05) is 5.56 Å². The molecule has 0 unspecified atom stereocenters. The summed E-state index contributed by atoms with van der Waals surface area (Å²) in [5.41, 5.74) is 1.35. The van der Waals surface area contributed by atoms with Crippen molar-refractivity contribution in [2.45, 2.75) is 13.8 Å². The molecule has 1 aromatic carbocycles. The lowest BCUT2D eigenvalue weighted by Crippen LogP contribution is -2.38. The number of aromatic nitrogens is 2. The first kappa shape index (κ1) is 15.4. The van der Waals surface area contributed by atoms with E-state index in [1.54, 1.807) is 18.2 Å². The van der Waals surface area contributed by atoms with Crippen LogP contribution in [0.4, 0.5) is 10.8 Å². The number of benzene rings is 1. The first-order chi connectivity index (χ1) is 11.0. The molecule has 1 aliphatic rings. The molecule has 120 valence electrons. The molecule has 0 radical (unpaired) electrons. The van der Waals surface area contributed by atoms with Crippen molar-refractivity contribution in [2.24, 2.45) is 0 Å². The fraction of sp³-hybridized carbons (Fsp3) is 0.333. The number of carbonyl (C=O) groups is 2. The largest absolute Gasteiger partial charge is 0.490 e. The molecule has 2 heterocycles. The van der Waals surface area contributed by atoms with Crippen LogP contribution in [0.5, 0.6) is 5.75 Å². The highest BCUT2D eigenvalue weighted by molar-refractivity contribution is 7.15. The summed E-state index contributed by atoms with van der Waals surface area (Å²) >= 11 is 1.33. The number of fused-ring (bicyclic) bond motifs is 1. The Hall–Kier alpha value is -2.48. The molecule has 0 aliphatic carbocycles. The van der Waals surface area contributed by atoms with Crippen molar-refractivity contribution < 1.29 is 14.3 Å². The van der Waals surface area contributed by atoms with Crippen LogP contribution >= 0.6 is 11.3 Å². The maximum absolute atomic E-state index is 12.2. The van der Waals surface area contributed by atoms with Gasteiger partial charge >= 0.3 is 0 Å². The average molecular weight is 332 g/mol. The van der Waals surface area contributed by atoms with Gasteiger partial charge in [-0.1, -0.05) is 11.3 Å². The molecule has 23 heavy (non-hydrogen) atoms. The molecule has 2 aromatic rings. The number of rotatable bonds is 4. The lowest BCUT2D eigenvalue weighted by molar-refractivity contribution is -0.115. The molecule has 3 rings (SSSR count). The Labute approximate surface area is 137 Å². The minimum atomic E-state index is -0.178. The highest BCUT2D eigenvalue weighted by Gasteiger charge is 2.21. The number of ketones is 1. The number of hydrogen-bond donors (Lipinski definition) is 1. The second kappa shape index (κ2) is 6.33. The molecule has 1 amide bonds. The lowest BCUT2D eigenvalue weighted by Gasteiger charge is -2.30. The Balaban J connectivity index is 1.75. The van der Waals surface area contributed by atoms with Crippen molar-refractivity contribution in [1.29, 1.82) is 0 Å². The normalized spacial score (nSPS) is 13.2. The zero-order chi connectivity index (χ0) is 16.4. The number of nitrogens with one attached hydrogen (secondary N) is 1. The van der Waals surface area contributed by atoms with E-state index in [1.807, 2.05) is 11.8 Å². The molecular formula is C15H16N4O3S. The van der Waals surface area contributed by atoms with Gasteiger partial charge in [0.2, 0.25) is 11.0 Å². The average Bonchev–Trinajstić information content (AvgIpc) is 2.92. The third kappa shape index (κ3) is 3.48. The second-order valence-corrected chi connectivity index (χ2v) is 6.36. The lowest BCUT2D eigenvalue weighted by atomic mass is 10.1. The first-order valence-corrected chi connectivity index (χ1v) is 7.97. The van der Waals surface area contributed by atoms with Crippen molar-refractivity contribution >= 4 is 33.8 Å². The van der Waals surface area contributed by atoms with Crippen molar-refractivity contribution in [1.82, 2.24) is 10.2 Å². The molecule has 0 spiro atoms. The zero-order valence-corrected chi connectivity index (χ0v) is 13.6. The fourth-order valence-electron chi connectivity index (χ4n) is 2.34. The Kier molecular flexibility index (Phi) is 4.24. The number of ether oxygens (including phenoxy) is 1. The minimum Gasteiger partial charge on any atom is -0.490 e. The minimum absolute atomic E-state index is 0.0212. The second-order valence-electron chi connectivity index (χ2n) is 5.18. The van der Waals surface area contributed by atoms with E-state index in [0.29, 0.717) is 29.6 Å². The SMILES string of the molecule is CC(=O)c1ccc2c(c1)N(CC(=O)Nc1nnc(C)s1)CCO2. The number of Topliss-reactive ketones (excluding diaryl/α,β-unsaturated/α-hetero) is 1. The topological polar surface area (TPSA) is 84.4 Å². The molecular weight excluding hydrogens is 316 g/mol. The summed E-state index contributed by atoms with van der Waals surface area (Å²) < 4.78 is 5.59. The molecule has 1 N–H and O–H groups in total. The van der Waals surface area contributed by atoms with Crippen LogP contribution < -0.4 is 15.0 Å². The third-order valence-corrected chi connectivity index (χ3v) is 4.19. The summed E-state index contributed by atoms with van der Waals surface area (Å²) in [6.45, 7) is 4.58. The number of aryl methyl sites for hydroxylation is 1. The summed E-state index contributed by atoms with van der Waals surface area (Å²) in [6.07, 6.45) is 0. The van der Waals surface area contributed by atoms with E-state index in [1.165, 1.54) is 18.3 Å². The van der Waals surface area contributed by atoms with E-state index in [0.717, 1.165) is 10.7 Å². The molecule has 7 nitrogen and oxygen atoms in total. The van der Waals surface area contributed by atoms with E-state index in [4.69, 9.17) is 4.74 Å². The van der Waals surface area contributed by atoms with E-state index < -0.39 is 0 Å². The van der Waals surface area contributed by atoms with Gasteiger partial charge in [-0.05, 0) is 32.0 Å². The highest BCUT2D eigenvalue weighted by atomic mass is 32.1. The molecule has 1 aliphatic heterocycles. The van der Waals surface area contributed by atoms with Crippen LogP contribution in [0.15, 0.2) is 18.2 Å². The molecule has 0 bridgehead atoms. The Morgan fingerprint density at radius 2 is 2.22 bits per heavy atom. The molecule has 1 aromatic heterocycles. The van der Waals surface area contributed by atoms with Crippen molar-refractivity contribution in [3.05, 3.63) is 28.8 Å². The number of carbonyl (C=O) groups excluding carboxylic acids is 2. The quantitative estimate of drug-likeness (QED) is 0.861. The summed E-state index contributed by atoms with van der Waals surface area (Å²) in [6, 6.07) is 5.26. The van der Waals surface area contributed by atoms with Crippen LogP contribution in [-0.2, 0) is 4.79 Å². The summed E-state index contributed by atoms with van der Waals surface area (Å²) in [5, 5.41) is 11.8. The van der Waals surface area contributed by atoms with Crippen molar-refractivity contribution in [2.75, 3.05) is 29.9 Å². The van der Waals surface area contributed by atoms with E-state index in [-0.39, 0.29) is 18.2 Å². The van der Waals surface area contributed by atoms with Crippen LogP contribution in [0.2, 0.25) is 0 Å². The van der Waals surface area contributed by atoms with E-state index >= 15 is 0 Å². The molecule has 0 saturated carbocycles. The molecule has 8 heteroatoms. The van der Waals surface area contributed by atoms with Gasteiger partial charge in [0.25, 0.3) is 0 Å². The van der Waals surface area contributed by atoms with Crippen LogP contribution in [0.25, 0.3) is 0 Å². The standard InChI is InChI=1S/C15H16N4O3S/c1-9(20)11-3-4-13-12(7-11)19(5-6-22-13)8-14(21)16-15-18-17-10(2)23-15/h3-4,7H,5-6,8H2,1-2H3,(H,16,18,21). The summed E-state index contributed by atoms with van der Waals surface area (Å²) in [7, 11) is 0. The Bertz CT molecular complexity index is 759. The number of nitrogens with zero attached hydrogens (tertiary/aromatic N) is 3. The molecule has 0 saturated heterocycles. The van der Waals surface area contributed by atoms with Gasteiger partial charge in [-0.15, -0.1) is 10.2 Å². The number of hydrogen-bond acceptors (Lipinski definition) is 7. The van der Waals surface area contributed by atoms with Gasteiger partial charge in [0.1, 0.15) is 17.4 Å². The fourth-order valence-corrected chi connectivity index (χ4v) is 2.94. The van der Waals surface area contributed by atoms with Crippen LogP contribution in [0.3, 0.4) is 0 Å². The Morgan fingerprint density at radius 3 is 2.91 bits per heavy atom. The smallest absolute Gasteiger partial charge is 0.245 e. The van der Waals surface area contributed by atoms with Gasteiger partial charge in [-0.2, -0.15) is 0 Å². The molecule has 0 atom stereocenters. The van der Waals surface area contributed by atoms with Gasteiger partial charge in [0.15, 0.2) is 5.78 Å². The van der Waals surface area contributed by atoms with E-state index in [2.05, 4.69) is 15.5 Å². The number of anilines is 2.